The molecule has 1 aromatic carbocycles. The maximum atomic E-state index is 12.0. The van der Waals surface area contributed by atoms with Gasteiger partial charge in [0.2, 0.25) is 0 Å². The standard InChI is InChI=1S/C21H26O2S/c1-6-23-20(22)15(2)14-18(19-8-7-13-24-19)16-9-11-17(12-10-16)21(3,4)5/h7-15H,6H2,1-5H3/b18-14-. The molecule has 128 valence electrons. The predicted molar refractivity (Wildman–Crippen MR) is 102 cm³/mol. The van der Waals surface area contributed by atoms with Crippen LogP contribution in [-0.4, -0.2) is 12.6 Å². The maximum Gasteiger partial charge on any atom is 0.312 e. The molecule has 0 spiro atoms. The Kier molecular flexibility index (Phi) is 6.00. The normalized spacial score (nSPS) is 13.6. The van der Waals surface area contributed by atoms with E-state index >= 15 is 0 Å². The van der Waals surface area contributed by atoms with E-state index in [0.717, 1.165) is 16.0 Å². The molecule has 2 nitrogen and oxygen atoms in total. The first-order valence-corrected chi connectivity index (χ1v) is 9.24. The first-order valence-electron chi connectivity index (χ1n) is 8.36. The largest absolute Gasteiger partial charge is 0.466 e. The molecule has 2 rings (SSSR count). The highest BCUT2D eigenvalue weighted by molar-refractivity contribution is 7.11. The Morgan fingerprint density at radius 1 is 1.21 bits per heavy atom. The monoisotopic (exact) mass is 342 g/mol. The van der Waals surface area contributed by atoms with Crippen LogP contribution >= 0.6 is 11.3 Å². The molecule has 3 heteroatoms. The lowest BCUT2D eigenvalue weighted by atomic mass is 9.86. The zero-order valence-electron chi connectivity index (χ0n) is 15.1. The number of ether oxygens (including phenoxy) is 1. The van der Waals surface area contributed by atoms with Crippen molar-refractivity contribution in [1.82, 2.24) is 0 Å². The Morgan fingerprint density at radius 2 is 1.88 bits per heavy atom. The number of carbonyl (C=O) groups is 1. The molecule has 0 aliphatic carbocycles. The Balaban J connectivity index is 2.39. The molecule has 0 fully saturated rings. The highest BCUT2D eigenvalue weighted by Crippen LogP contribution is 2.31. The molecule has 1 unspecified atom stereocenters. The van der Waals surface area contributed by atoms with Crippen molar-refractivity contribution in [2.75, 3.05) is 6.61 Å². The summed E-state index contributed by atoms with van der Waals surface area (Å²) in [7, 11) is 0. The molecule has 0 saturated heterocycles. The first-order chi connectivity index (χ1) is 11.3. The van der Waals surface area contributed by atoms with Gasteiger partial charge in [-0.15, -0.1) is 11.3 Å². The van der Waals surface area contributed by atoms with E-state index in [4.69, 9.17) is 4.74 Å². The van der Waals surface area contributed by atoms with Crippen molar-refractivity contribution in [3.05, 3.63) is 63.9 Å². The van der Waals surface area contributed by atoms with E-state index in [1.165, 1.54) is 5.56 Å². The number of carbonyl (C=O) groups excluding carboxylic acids is 1. The third-order valence-corrected chi connectivity index (χ3v) is 4.83. The average Bonchev–Trinajstić information content (AvgIpc) is 3.06. The second kappa shape index (κ2) is 7.80. The zero-order valence-corrected chi connectivity index (χ0v) is 15.9. The minimum Gasteiger partial charge on any atom is -0.466 e. The number of hydrogen-bond acceptors (Lipinski definition) is 3. The van der Waals surface area contributed by atoms with Crippen molar-refractivity contribution < 1.29 is 9.53 Å². The lowest BCUT2D eigenvalue weighted by Gasteiger charge is -2.19. The fourth-order valence-corrected chi connectivity index (χ4v) is 3.27. The molecule has 1 aromatic heterocycles. The molecule has 1 atom stereocenters. The van der Waals surface area contributed by atoms with Crippen molar-refractivity contribution in [3.8, 4) is 0 Å². The number of benzene rings is 1. The molecular weight excluding hydrogens is 316 g/mol. The van der Waals surface area contributed by atoms with Crippen LogP contribution in [0.1, 0.15) is 50.6 Å². The van der Waals surface area contributed by atoms with Crippen molar-refractivity contribution in [2.45, 2.75) is 40.0 Å². The lowest BCUT2D eigenvalue weighted by molar-refractivity contribution is -0.145. The summed E-state index contributed by atoms with van der Waals surface area (Å²) in [6, 6.07) is 12.8. The van der Waals surface area contributed by atoms with Gasteiger partial charge >= 0.3 is 5.97 Å². The summed E-state index contributed by atoms with van der Waals surface area (Å²) in [6.45, 7) is 10.8. The van der Waals surface area contributed by atoms with Crippen LogP contribution in [0, 0.1) is 5.92 Å². The third-order valence-electron chi connectivity index (χ3n) is 3.92. The van der Waals surface area contributed by atoms with E-state index in [2.05, 4.69) is 56.5 Å². The van der Waals surface area contributed by atoms with Gasteiger partial charge in [0.25, 0.3) is 0 Å². The maximum absolute atomic E-state index is 12.0. The molecular formula is C21H26O2S. The molecule has 0 aliphatic heterocycles. The predicted octanol–water partition coefficient (Wildman–Crippen LogP) is 5.68. The van der Waals surface area contributed by atoms with Crippen molar-refractivity contribution in [1.29, 1.82) is 0 Å². The molecule has 0 N–H and O–H groups in total. The highest BCUT2D eigenvalue weighted by atomic mass is 32.1. The molecule has 0 radical (unpaired) electrons. The molecule has 2 aromatic rings. The van der Waals surface area contributed by atoms with E-state index in [1.54, 1.807) is 11.3 Å². The topological polar surface area (TPSA) is 26.3 Å². The SMILES string of the molecule is CCOC(=O)C(C)/C=C(/c1ccc(C(C)(C)C)cc1)c1cccs1. The van der Waals surface area contributed by atoms with E-state index in [-0.39, 0.29) is 17.3 Å². The molecule has 0 bridgehead atoms. The second-order valence-electron chi connectivity index (χ2n) is 6.93. The van der Waals surface area contributed by atoms with Gasteiger partial charge in [-0.2, -0.15) is 0 Å². The van der Waals surface area contributed by atoms with Crippen LogP contribution in [-0.2, 0) is 14.9 Å². The molecule has 0 saturated carbocycles. The fraction of sp³-hybridized carbons (Fsp3) is 0.381. The van der Waals surface area contributed by atoms with Crippen LogP contribution in [0.5, 0.6) is 0 Å². The smallest absolute Gasteiger partial charge is 0.312 e. The van der Waals surface area contributed by atoms with Crippen LogP contribution in [0.4, 0.5) is 0 Å². The number of esters is 1. The van der Waals surface area contributed by atoms with E-state index < -0.39 is 0 Å². The summed E-state index contributed by atoms with van der Waals surface area (Å²) in [5.41, 5.74) is 3.65. The van der Waals surface area contributed by atoms with E-state index in [1.807, 2.05) is 26.0 Å². The molecule has 0 amide bonds. The van der Waals surface area contributed by atoms with Gasteiger partial charge in [0.1, 0.15) is 0 Å². The van der Waals surface area contributed by atoms with Gasteiger partial charge in [-0.1, -0.05) is 57.2 Å². The number of rotatable bonds is 5. The van der Waals surface area contributed by atoms with Crippen LogP contribution in [0.15, 0.2) is 47.9 Å². The average molecular weight is 343 g/mol. The Labute approximate surface area is 149 Å². The van der Waals surface area contributed by atoms with Crippen LogP contribution in [0.3, 0.4) is 0 Å². The van der Waals surface area contributed by atoms with Gasteiger partial charge in [0.05, 0.1) is 12.5 Å². The Morgan fingerprint density at radius 3 is 2.38 bits per heavy atom. The van der Waals surface area contributed by atoms with Gasteiger partial charge in [-0.25, -0.2) is 0 Å². The summed E-state index contributed by atoms with van der Waals surface area (Å²) < 4.78 is 5.14. The van der Waals surface area contributed by atoms with Crippen molar-refractivity contribution in [2.24, 2.45) is 5.92 Å². The summed E-state index contributed by atoms with van der Waals surface area (Å²) >= 11 is 1.68. The molecule has 1 heterocycles. The Hall–Kier alpha value is -1.87. The quantitative estimate of drug-likeness (QED) is 0.654. The van der Waals surface area contributed by atoms with Gasteiger partial charge < -0.3 is 4.74 Å². The van der Waals surface area contributed by atoms with Crippen LogP contribution in [0.25, 0.3) is 5.57 Å². The summed E-state index contributed by atoms with van der Waals surface area (Å²) in [5, 5.41) is 2.06. The second-order valence-corrected chi connectivity index (χ2v) is 7.87. The van der Waals surface area contributed by atoms with E-state index in [9.17, 15) is 4.79 Å². The Bertz CT molecular complexity index is 688. The third kappa shape index (κ3) is 4.57. The van der Waals surface area contributed by atoms with Crippen LogP contribution in [0.2, 0.25) is 0 Å². The van der Waals surface area contributed by atoms with Gasteiger partial charge in [0, 0.05) is 4.88 Å². The van der Waals surface area contributed by atoms with Gasteiger partial charge in [-0.05, 0) is 47.4 Å². The van der Waals surface area contributed by atoms with Gasteiger partial charge in [-0.3, -0.25) is 4.79 Å². The number of thiophene rings is 1. The molecule has 0 aliphatic rings. The van der Waals surface area contributed by atoms with Crippen molar-refractivity contribution >= 4 is 22.9 Å². The minimum absolute atomic E-state index is 0.129. The minimum atomic E-state index is -0.274. The lowest BCUT2D eigenvalue weighted by Crippen LogP contribution is -2.13. The summed E-state index contributed by atoms with van der Waals surface area (Å²) in [6.07, 6.45) is 2.01. The van der Waals surface area contributed by atoms with Crippen molar-refractivity contribution in [3.63, 3.8) is 0 Å². The first kappa shape index (κ1) is 18.5. The van der Waals surface area contributed by atoms with E-state index in [0.29, 0.717) is 6.61 Å². The summed E-state index contributed by atoms with van der Waals surface area (Å²) in [5.74, 6) is -0.456. The fourth-order valence-electron chi connectivity index (χ4n) is 2.49. The highest BCUT2D eigenvalue weighted by Gasteiger charge is 2.17. The van der Waals surface area contributed by atoms with Gasteiger partial charge in [0.15, 0.2) is 0 Å². The summed E-state index contributed by atoms with van der Waals surface area (Å²) in [4.78, 5) is 13.2. The zero-order chi connectivity index (χ0) is 17.7. The number of hydrogen-bond donors (Lipinski definition) is 0. The molecule has 24 heavy (non-hydrogen) atoms. The van der Waals surface area contributed by atoms with Crippen LogP contribution < -0.4 is 0 Å².